The summed E-state index contributed by atoms with van der Waals surface area (Å²) in [5.74, 6) is 1.66. The third kappa shape index (κ3) is 7.93. The number of aliphatic hydroxyl groups is 1. The molecular formula is C21H35IN6O. The van der Waals surface area contributed by atoms with E-state index in [1.165, 1.54) is 5.56 Å². The summed E-state index contributed by atoms with van der Waals surface area (Å²) in [4.78, 5) is 4.53. The molecule has 1 aromatic heterocycles. The van der Waals surface area contributed by atoms with E-state index in [0.717, 1.165) is 30.9 Å². The van der Waals surface area contributed by atoms with E-state index in [1.54, 1.807) is 6.33 Å². The van der Waals surface area contributed by atoms with Gasteiger partial charge in [-0.25, -0.2) is 0 Å². The minimum Gasteiger partial charge on any atom is -0.386 e. The Labute approximate surface area is 191 Å². The first-order valence-electron chi connectivity index (χ1n) is 10.0. The molecule has 2 rings (SSSR count). The van der Waals surface area contributed by atoms with Crippen LogP contribution in [-0.2, 0) is 18.4 Å². The second-order valence-corrected chi connectivity index (χ2v) is 7.83. The van der Waals surface area contributed by atoms with Crippen molar-refractivity contribution in [2.75, 3.05) is 19.6 Å². The average Bonchev–Trinajstić information content (AvgIpc) is 3.12. The van der Waals surface area contributed by atoms with Gasteiger partial charge in [-0.05, 0) is 23.5 Å². The lowest BCUT2D eigenvalue weighted by Gasteiger charge is -2.20. The standard InChI is InChI=1S/C21H34N6O.HI/c1-6-19-26-25-15-27(19)13-12-23-20(22-7-2)24-14-18(28)16-8-10-17(11-9-16)21(3,4)5;/h8-11,15,18,28H,6-7,12-14H2,1-5H3,(H2,22,23,24);1H. The lowest BCUT2D eigenvalue weighted by atomic mass is 9.86. The highest BCUT2D eigenvalue weighted by molar-refractivity contribution is 14.0. The maximum atomic E-state index is 10.5. The lowest BCUT2D eigenvalue weighted by Crippen LogP contribution is -2.39. The number of aliphatic hydroxyl groups excluding tert-OH is 1. The number of rotatable bonds is 8. The molecule has 3 N–H and O–H groups in total. The summed E-state index contributed by atoms with van der Waals surface area (Å²) < 4.78 is 2.03. The molecule has 0 saturated heterocycles. The summed E-state index contributed by atoms with van der Waals surface area (Å²) >= 11 is 0. The fourth-order valence-corrected chi connectivity index (χ4v) is 2.86. The highest BCUT2D eigenvalue weighted by Crippen LogP contribution is 2.24. The summed E-state index contributed by atoms with van der Waals surface area (Å²) in [6.45, 7) is 13.2. The van der Waals surface area contributed by atoms with Gasteiger partial charge in [0, 0.05) is 26.1 Å². The Morgan fingerprint density at radius 2 is 1.86 bits per heavy atom. The average molecular weight is 514 g/mol. The van der Waals surface area contributed by atoms with Gasteiger partial charge in [-0.2, -0.15) is 0 Å². The molecule has 1 aromatic carbocycles. The van der Waals surface area contributed by atoms with Crippen LogP contribution in [-0.4, -0.2) is 45.5 Å². The molecule has 0 bridgehead atoms. The lowest BCUT2D eigenvalue weighted by molar-refractivity contribution is 0.187. The second-order valence-electron chi connectivity index (χ2n) is 7.83. The van der Waals surface area contributed by atoms with Crippen molar-refractivity contribution < 1.29 is 5.11 Å². The van der Waals surface area contributed by atoms with Crippen molar-refractivity contribution >= 4 is 29.9 Å². The minimum absolute atomic E-state index is 0. The van der Waals surface area contributed by atoms with Crippen LogP contribution in [0.3, 0.4) is 0 Å². The summed E-state index contributed by atoms with van der Waals surface area (Å²) in [6.07, 6.45) is 1.97. The highest BCUT2D eigenvalue weighted by atomic mass is 127. The molecule has 2 aromatic rings. The SMILES string of the molecule is CCNC(=NCC(O)c1ccc(C(C)(C)C)cc1)NCCn1cnnc1CC.I. The normalized spacial score (nSPS) is 13.0. The van der Waals surface area contributed by atoms with Gasteiger partial charge < -0.3 is 20.3 Å². The number of aliphatic imine (C=N–C) groups is 1. The van der Waals surface area contributed by atoms with E-state index in [2.05, 4.69) is 65.7 Å². The first-order valence-corrected chi connectivity index (χ1v) is 10.0. The van der Waals surface area contributed by atoms with Gasteiger partial charge in [0.15, 0.2) is 5.96 Å². The van der Waals surface area contributed by atoms with E-state index in [4.69, 9.17) is 0 Å². The molecule has 0 aliphatic heterocycles. The fourth-order valence-electron chi connectivity index (χ4n) is 2.86. The highest BCUT2D eigenvalue weighted by Gasteiger charge is 2.14. The molecule has 1 heterocycles. The maximum absolute atomic E-state index is 10.5. The predicted octanol–water partition coefficient (Wildman–Crippen LogP) is 3.04. The zero-order chi connectivity index (χ0) is 20.6. The molecule has 1 unspecified atom stereocenters. The van der Waals surface area contributed by atoms with Crippen molar-refractivity contribution in [1.29, 1.82) is 0 Å². The number of hydrogen-bond donors (Lipinski definition) is 3. The summed E-state index contributed by atoms with van der Waals surface area (Å²) in [7, 11) is 0. The van der Waals surface area contributed by atoms with Crippen molar-refractivity contribution in [3.05, 3.63) is 47.5 Å². The van der Waals surface area contributed by atoms with Crippen LogP contribution in [0, 0.1) is 0 Å². The summed E-state index contributed by atoms with van der Waals surface area (Å²) in [5, 5.41) is 25.0. The Balaban J connectivity index is 0.00000420. The van der Waals surface area contributed by atoms with Crippen LogP contribution >= 0.6 is 24.0 Å². The fraction of sp³-hybridized carbons (Fsp3) is 0.571. The number of hydrogen-bond acceptors (Lipinski definition) is 4. The van der Waals surface area contributed by atoms with Crippen LogP contribution in [0.15, 0.2) is 35.6 Å². The van der Waals surface area contributed by atoms with Crippen molar-refractivity contribution in [2.45, 2.75) is 59.1 Å². The van der Waals surface area contributed by atoms with E-state index >= 15 is 0 Å². The molecule has 29 heavy (non-hydrogen) atoms. The van der Waals surface area contributed by atoms with Crippen LogP contribution < -0.4 is 10.6 Å². The monoisotopic (exact) mass is 514 g/mol. The molecule has 8 heteroatoms. The molecular weight excluding hydrogens is 479 g/mol. The molecule has 0 aliphatic rings. The van der Waals surface area contributed by atoms with Crippen molar-refractivity contribution in [1.82, 2.24) is 25.4 Å². The van der Waals surface area contributed by atoms with Gasteiger partial charge in [0.05, 0.1) is 12.6 Å². The smallest absolute Gasteiger partial charge is 0.191 e. The third-order valence-electron chi connectivity index (χ3n) is 4.59. The van der Waals surface area contributed by atoms with E-state index in [-0.39, 0.29) is 29.4 Å². The molecule has 0 amide bonds. The summed E-state index contributed by atoms with van der Waals surface area (Å²) in [5.41, 5.74) is 2.23. The zero-order valence-electron chi connectivity index (χ0n) is 18.1. The van der Waals surface area contributed by atoms with Crippen molar-refractivity contribution in [3.63, 3.8) is 0 Å². The molecule has 1 atom stereocenters. The largest absolute Gasteiger partial charge is 0.386 e. The number of nitrogens with one attached hydrogen (secondary N) is 2. The third-order valence-corrected chi connectivity index (χ3v) is 4.59. The van der Waals surface area contributed by atoms with E-state index in [0.29, 0.717) is 19.0 Å². The van der Waals surface area contributed by atoms with Crippen molar-refractivity contribution in [2.24, 2.45) is 4.99 Å². The van der Waals surface area contributed by atoms with E-state index < -0.39 is 6.10 Å². The van der Waals surface area contributed by atoms with Crippen LogP contribution in [0.4, 0.5) is 0 Å². The molecule has 162 valence electrons. The van der Waals surface area contributed by atoms with Gasteiger partial charge in [-0.15, -0.1) is 34.2 Å². The quantitative estimate of drug-likeness (QED) is 0.287. The Morgan fingerprint density at radius 3 is 2.45 bits per heavy atom. The second kappa shape index (κ2) is 12.1. The summed E-state index contributed by atoms with van der Waals surface area (Å²) in [6, 6.07) is 8.13. The number of benzene rings is 1. The molecule has 0 fully saturated rings. The molecule has 0 saturated carbocycles. The van der Waals surface area contributed by atoms with Crippen molar-refractivity contribution in [3.8, 4) is 0 Å². The number of aryl methyl sites for hydroxylation is 1. The Kier molecular flexibility index (Phi) is 10.6. The molecule has 0 spiro atoms. The molecule has 0 aliphatic carbocycles. The van der Waals surface area contributed by atoms with E-state index in [1.807, 2.05) is 23.6 Å². The first-order chi connectivity index (χ1) is 13.3. The van der Waals surface area contributed by atoms with Gasteiger partial charge in [0.25, 0.3) is 0 Å². The Hall–Kier alpha value is -1.68. The number of nitrogens with zero attached hydrogens (tertiary/aromatic N) is 4. The predicted molar refractivity (Wildman–Crippen MR) is 129 cm³/mol. The molecule has 7 nitrogen and oxygen atoms in total. The van der Waals surface area contributed by atoms with Gasteiger partial charge >= 0.3 is 0 Å². The minimum atomic E-state index is -0.631. The van der Waals surface area contributed by atoms with Gasteiger partial charge in [0.2, 0.25) is 0 Å². The number of guanidine groups is 1. The molecule has 0 radical (unpaired) electrons. The van der Waals surface area contributed by atoms with Crippen LogP contribution in [0.2, 0.25) is 0 Å². The first kappa shape index (κ1) is 25.4. The Morgan fingerprint density at radius 1 is 1.17 bits per heavy atom. The van der Waals surface area contributed by atoms with Crippen LogP contribution in [0.25, 0.3) is 0 Å². The van der Waals surface area contributed by atoms with Crippen LogP contribution in [0.5, 0.6) is 0 Å². The van der Waals surface area contributed by atoms with Gasteiger partial charge in [-0.1, -0.05) is 52.0 Å². The van der Waals surface area contributed by atoms with Gasteiger partial charge in [-0.3, -0.25) is 4.99 Å². The van der Waals surface area contributed by atoms with Gasteiger partial charge in [0.1, 0.15) is 12.2 Å². The zero-order valence-corrected chi connectivity index (χ0v) is 20.5. The maximum Gasteiger partial charge on any atom is 0.191 e. The topological polar surface area (TPSA) is 87.4 Å². The van der Waals surface area contributed by atoms with Crippen LogP contribution in [0.1, 0.15) is 57.7 Å². The number of halogens is 1. The van der Waals surface area contributed by atoms with E-state index in [9.17, 15) is 5.11 Å². The number of aromatic nitrogens is 3. The Bertz CT molecular complexity index is 751.